The molecule has 0 bridgehead atoms. The molecule has 1 saturated heterocycles. The number of carbonyl (C=O) groups excluding carboxylic acids is 2. The number of anilines is 1. The zero-order valence-corrected chi connectivity index (χ0v) is 15.2. The smallest absolute Gasteiger partial charge is 0.255 e. The summed E-state index contributed by atoms with van der Waals surface area (Å²) in [6.45, 7) is 6.54. The second kappa shape index (κ2) is 8.15. The van der Waals surface area contributed by atoms with Gasteiger partial charge in [-0.25, -0.2) is 0 Å². The average molecular weight is 352 g/mol. The average Bonchev–Trinajstić information content (AvgIpc) is 2.68. The highest BCUT2D eigenvalue weighted by Gasteiger charge is 2.19. The van der Waals surface area contributed by atoms with E-state index in [1.165, 1.54) is 0 Å². The Morgan fingerprint density at radius 3 is 2.23 bits per heavy atom. The SMILES string of the molecule is CC(C)c1ccccc1NC(=O)c1ccc(C(=O)N2CCOCC2)cc1. The van der Waals surface area contributed by atoms with E-state index in [1.807, 2.05) is 24.3 Å². The number of benzene rings is 2. The third kappa shape index (κ3) is 4.11. The van der Waals surface area contributed by atoms with E-state index >= 15 is 0 Å². The Morgan fingerprint density at radius 1 is 0.962 bits per heavy atom. The number of para-hydroxylation sites is 1. The van der Waals surface area contributed by atoms with E-state index in [4.69, 9.17) is 4.74 Å². The van der Waals surface area contributed by atoms with E-state index in [0.717, 1.165) is 11.3 Å². The first kappa shape index (κ1) is 18.1. The van der Waals surface area contributed by atoms with Gasteiger partial charge in [0, 0.05) is 29.9 Å². The number of morpholine rings is 1. The lowest BCUT2D eigenvalue weighted by Gasteiger charge is -2.26. The van der Waals surface area contributed by atoms with Crippen LogP contribution in [0.1, 0.15) is 46.0 Å². The highest BCUT2D eigenvalue weighted by molar-refractivity contribution is 6.05. The van der Waals surface area contributed by atoms with Gasteiger partial charge in [-0.1, -0.05) is 32.0 Å². The van der Waals surface area contributed by atoms with Crippen LogP contribution in [0.4, 0.5) is 5.69 Å². The van der Waals surface area contributed by atoms with Crippen LogP contribution < -0.4 is 5.32 Å². The molecule has 1 heterocycles. The van der Waals surface area contributed by atoms with Crippen molar-refractivity contribution in [1.29, 1.82) is 0 Å². The van der Waals surface area contributed by atoms with Crippen LogP contribution in [0.3, 0.4) is 0 Å². The molecule has 5 heteroatoms. The summed E-state index contributed by atoms with van der Waals surface area (Å²) in [6, 6.07) is 14.6. The summed E-state index contributed by atoms with van der Waals surface area (Å²) < 4.78 is 5.27. The molecule has 5 nitrogen and oxygen atoms in total. The molecule has 0 unspecified atom stereocenters. The quantitative estimate of drug-likeness (QED) is 0.916. The van der Waals surface area contributed by atoms with Crippen molar-refractivity contribution in [1.82, 2.24) is 4.90 Å². The molecule has 2 aromatic rings. The zero-order valence-electron chi connectivity index (χ0n) is 15.2. The van der Waals surface area contributed by atoms with Gasteiger partial charge in [-0.05, 0) is 41.8 Å². The molecule has 0 radical (unpaired) electrons. The van der Waals surface area contributed by atoms with Crippen LogP contribution in [0.2, 0.25) is 0 Å². The molecule has 136 valence electrons. The number of nitrogens with zero attached hydrogens (tertiary/aromatic N) is 1. The summed E-state index contributed by atoms with van der Waals surface area (Å²) in [5.74, 6) is 0.119. The maximum absolute atomic E-state index is 12.5. The Balaban J connectivity index is 1.70. The minimum absolute atomic E-state index is 0.0228. The molecule has 2 aromatic carbocycles. The first-order valence-electron chi connectivity index (χ1n) is 8.93. The van der Waals surface area contributed by atoms with E-state index in [9.17, 15) is 9.59 Å². The highest BCUT2D eigenvalue weighted by atomic mass is 16.5. The van der Waals surface area contributed by atoms with Crippen LogP contribution in [-0.2, 0) is 4.74 Å². The van der Waals surface area contributed by atoms with Crippen LogP contribution in [0.5, 0.6) is 0 Å². The molecule has 2 amide bonds. The summed E-state index contributed by atoms with van der Waals surface area (Å²) in [4.78, 5) is 26.8. The minimum Gasteiger partial charge on any atom is -0.378 e. The zero-order chi connectivity index (χ0) is 18.5. The summed E-state index contributed by atoms with van der Waals surface area (Å²) in [5, 5.41) is 2.97. The van der Waals surface area contributed by atoms with Gasteiger partial charge in [0.25, 0.3) is 11.8 Å². The van der Waals surface area contributed by atoms with Gasteiger partial charge >= 0.3 is 0 Å². The Morgan fingerprint density at radius 2 is 1.58 bits per heavy atom. The lowest BCUT2D eigenvalue weighted by Crippen LogP contribution is -2.40. The lowest BCUT2D eigenvalue weighted by atomic mass is 10.0. The van der Waals surface area contributed by atoms with Crippen molar-refractivity contribution >= 4 is 17.5 Å². The molecular formula is C21H24N2O3. The number of rotatable bonds is 4. The summed E-state index contributed by atoms with van der Waals surface area (Å²) in [6.07, 6.45) is 0. The third-order valence-electron chi connectivity index (χ3n) is 4.52. The summed E-state index contributed by atoms with van der Waals surface area (Å²) in [5.41, 5.74) is 3.04. The molecule has 0 spiro atoms. The van der Waals surface area contributed by atoms with Crippen LogP contribution in [0.15, 0.2) is 48.5 Å². The molecule has 26 heavy (non-hydrogen) atoms. The number of hydrogen-bond donors (Lipinski definition) is 1. The maximum Gasteiger partial charge on any atom is 0.255 e. The van der Waals surface area contributed by atoms with Gasteiger partial charge in [-0.15, -0.1) is 0 Å². The first-order chi connectivity index (χ1) is 12.6. The van der Waals surface area contributed by atoms with E-state index in [0.29, 0.717) is 43.3 Å². The largest absolute Gasteiger partial charge is 0.378 e. The molecule has 0 saturated carbocycles. The lowest BCUT2D eigenvalue weighted by molar-refractivity contribution is 0.0303. The van der Waals surface area contributed by atoms with E-state index in [-0.39, 0.29) is 11.8 Å². The van der Waals surface area contributed by atoms with Crippen LogP contribution in [0.25, 0.3) is 0 Å². The number of ether oxygens (including phenoxy) is 1. The Bertz CT molecular complexity index is 778. The monoisotopic (exact) mass is 352 g/mol. The standard InChI is InChI=1S/C21H24N2O3/c1-15(2)18-5-3-4-6-19(18)22-20(24)16-7-9-17(10-8-16)21(25)23-11-13-26-14-12-23/h3-10,15H,11-14H2,1-2H3,(H,22,24). The Hall–Kier alpha value is -2.66. The van der Waals surface area contributed by atoms with Crippen LogP contribution >= 0.6 is 0 Å². The van der Waals surface area contributed by atoms with Crippen molar-refractivity contribution in [2.45, 2.75) is 19.8 Å². The first-order valence-corrected chi connectivity index (χ1v) is 8.93. The number of amides is 2. The molecule has 1 fully saturated rings. The number of nitrogens with one attached hydrogen (secondary N) is 1. The van der Waals surface area contributed by atoms with Crippen molar-refractivity contribution in [2.75, 3.05) is 31.6 Å². The summed E-state index contributed by atoms with van der Waals surface area (Å²) in [7, 11) is 0. The van der Waals surface area contributed by atoms with Gasteiger partial charge in [-0.2, -0.15) is 0 Å². The highest BCUT2D eigenvalue weighted by Crippen LogP contribution is 2.24. The predicted octanol–water partition coefficient (Wildman–Crippen LogP) is 3.53. The Labute approximate surface area is 154 Å². The van der Waals surface area contributed by atoms with Gasteiger partial charge in [0.05, 0.1) is 13.2 Å². The topological polar surface area (TPSA) is 58.6 Å². The second-order valence-corrected chi connectivity index (χ2v) is 6.68. The van der Waals surface area contributed by atoms with E-state index in [2.05, 4.69) is 19.2 Å². The van der Waals surface area contributed by atoms with E-state index in [1.54, 1.807) is 29.2 Å². The normalized spacial score (nSPS) is 14.3. The molecule has 1 aliphatic heterocycles. The molecule has 0 aliphatic carbocycles. The van der Waals surface area contributed by atoms with Crippen molar-refractivity contribution < 1.29 is 14.3 Å². The molecule has 0 aromatic heterocycles. The van der Waals surface area contributed by atoms with Crippen LogP contribution in [-0.4, -0.2) is 43.0 Å². The fourth-order valence-corrected chi connectivity index (χ4v) is 3.02. The van der Waals surface area contributed by atoms with Crippen LogP contribution in [0, 0.1) is 0 Å². The fraction of sp³-hybridized carbons (Fsp3) is 0.333. The Kier molecular flexibility index (Phi) is 5.68. The van der Waals surface area contributed by atoms with Gasteiger partial charge in [0.1, 0.15) is 0 Å². The molecule has 0 atom stereocenters. The van der Waals surface area contributed by atoms with E-state index < -0.39 is 0 Å². The predicted molar refractivity (Wildman–Crippen MR) is 102 cm³/mol. The third-order valence-corrected chi connectivity index (χ3v) is 4.52. The molecule has 1 N–H and O–H groups in total. The van der Waals surface area contributed by atoms with Gasteiger partial charge in [0.15, 0.2) is 0 Å². The van der Waals surface area contributed by atoms with Gasteiger partial charge in [-0.3, -0.25) is 9.59 Å². The fourth-order valence-electron chi connectivity index (χ4n) is 3.02. The number of carbonyl (C=O) groups is 2. The number of hydrogen-bond acceptors (Lipinski definition) is 3. The molecule has 1 aliphatic rings. The second-order valence-electron chi connectivity index (χ2n) is 6.68. The van der Waals surface area contributed by atoms with Crippen molar-refractivity contribution in [3.8, 4) is 0 Å². The van der Waals surface area contributed by atoms with Crippen molar-refractivity contribution in [3.05, 3.63) is 65.2 Å². The maximum atomic E-state index is 12.5. The van der Waals surface area contributed by atoms with Gasteiger partial charge < -0.3 is 15.0 Å². The summed E-state index contributed by atoms with van der Waals surface area (Å²) >= 11 is 0. The minimum atomic E-state index is -0.177. The van der Waals surface area contributed by atoms with Gasteiger partial charge in [0.2, 0.25) is 0 Å². The van der Waals surface area contributed by atoms with Crippen molar-refractivity contribution in [3.63, 3.8) is 0 Å². The molecule has 3 rings (SSSR count). The molecular weight excluding hydrogens is 328 g/mol. The van der Waals surface area contributed by atoms with Crippen molar-refractivity contribution in [2.24, 2.45) is 0 Å².